The van der Waals surface area contributed by atoms with Crippen molar-refractivity contribution in [3.8, 4) is 5.69 Å². The standard InChI is InChI=1S/C12H13ClN4O/c1-3-16(9(2)18)11-8-17(15-12(11)13)10-5-4-6-14-7-10/h4-8H,3H2,1-2H3. The first-order valence-electron chi connectivity index (χ1n) is 5.57. The highest BCUT2D eigenvalue weighted by atomic mass is 35.5. The highest BCUT2D eigenvalue weighted by Crippen LogP contribution is 2.25. The molecular weight excluding hydrogens is 252 g/mol. The number of nitrogens with zero attached hydrogens (tertiary/aromatic N) is 4. The summed E-state index contributed by atoms with van der Waals surface area (Å²) >= 11 is 6.07. The van der Waals surface area contributed by atoms with Crippen molar-refractivity contribution in [2.75, 3.05) is 11.4 Å². The molecule has 0 saturated heterocycles. The van der Waals surface area contributed by atoms with Gasteiger partial charge in [0.1, 0.15) is 5.69 Å². The Hall–Kier alpha value is -1.88. The predicted molar refractivity (Wildman–Crippen MR) is 70.1 cm³/mol. The summed E-state index contributed by atoms with van der Waals surface area (Å²) in [6, 6.07) is 3.68. The molecule has 0 spiro atoms. The SMILES string of the molecule is CCN(C(C)=O)c1cn(-c2cccnc2)nc1Cl. The van der Waals surface area contributed by atoms with Gasteiger partial charge in [-0.2, -0.15) is 5.10 Å². The van der Waals surface area contributed by atoms with E-state index in [4.69, 9.17) is 11.6 Å². The molecule has 0 N–H and O–H groups in total. The monoisotopic (exact) mass is 264 g/mol. The predicted octanol–water partition coefficient (Wildman–Crippen LogP) is 2.29. The van der Waals surface area contributed by atoms with E-state index in [1.165, 1.54) is 6.92 Å². The Morgan fingerprint density at radius 2 is 2.33 bits per heavy atom. The Balaban J connectivity index is 2.41. The second-order valence-corrected chi connectivity index (χ2v) is 4.08. The highest BCUT2D eigenvalue weighted by Gasteiger charge is 2.17. The Morgan fingerprint density at radius 3 is 2.89 bits per heavy atom. The largest absolute Gasteiger partial charge is 0.309 e. The summed E-state index contributed by atoms with van der Waals surface area (Å²) in [7, 11) is 0. The number of anilines is 1. The van der Waals surface area contributed by atoms with Gasteiger partial charge in [-0.25, -0.2) is 4.68 Å². The Bertz CT molecular complexity index is 552. The van der Waals surface area contributed by atoms with Gasteiger partial charge in [-0.05, 0) is 19.1 Å². The topological polar surface area (TPSA) is 51.0 Å². The third-order valence-electron chi connectivity index (χ3n) is 2.55. The van der Waals surface area contributed by atoms with Crippen LogP contribution in [-0.2, 0) is 4.79 Å². The molecule has 2 rings (SSSR count). The number of amides is 1. The fourth-order valence-electron chi connectivity index (χ4n) is 1.71. The van der Waals surface area contributed by atoms with Gasteiger partial charge >= 0.3 is 0 Å². The van der Waals surface area contributed by atoms with Crippen molar-refractivity contribution in [2.24, 2.45) is 0 Å². The van der Waals surface area contributed by atoms with Crippen molar-refractivity contribution in [1.29, 1.82) is 0 Å². The molecule has 0 radical (unpaired) electrons. The number of carbonyl (C=O) groups excluding carboxylic acids is 1. The van der Waals surface area contributed by atoms with E-state index in [1.807, 2.05) is 19.1 Å². The van der Waals surface area contributed by atoms with Gasteiger partial charge in [-0.3, -0.25) is 9.78 Å². The normalized spacial score (nSPS) is 10.4. The first-order valence-corrected chi connectivity index (χ1v) is 5.95. The second-order valence-electron chi connectivity index (χ2n) is 3.72. The quantitative estimate of drug-likeness (QED) is 0.855. The maximum absolute atomic E-state index is 11.5. The molecule has 0 atom stereocenters. The molecule has 0 saturated carbocycles. The smallest absolute Gasteiger partial charge is 0.223 e. The maximum Gasteiger partial charge on any atom is 0.223 e. The minimum atomic E-state index is -0.0647. The lowest BCUT2D eigenvalue weighted by Crippen LogP contribution is -2.27. The van der Waals surface area contributed by atoms with E-state index >= 15 is 0 Å². The average molecular weight is 265 g/mol. The summed E-state index contributed by atoms with van der Waals surface area (Å²) in [5.74, 6) is -0.0647. The molecule has 0 unspecified atom stereocenters. The van der Waals surface area contributed by atoms with Gasteiger partial charge in [-0.1, -0.05) is 11.6 Å². The summed E-state index contributed by atoms with van der Waals surface area (Å²) in [5, 5.41) is 4.48. The zero-order valence-corrected chi connectivity index (χ0v) is 10.9. The minimum absolute atomic E-state index is 0.0647. The van der Waals surface area contributed by atoms with Crippen molar-refractivity contribution in [1.82, 2.24) is 14.8 Å². The van der Waals surface area contributed by atoms with E-state index in [9.17, 15) is 4.79 Å². The van der Waals surface area contributed by atoms with Crippen LogP contribution in [0.25, 0.3) is 5.69 Å². The zero-order chi connectivity index (χ0) is 13.1. The van der Waals surface area contributed by atoms with E-state index < -0.39 is 0 Å². The third kappa shape index (κ3) is 2.36. The summed E-state index contributed by atoms with van der Waals surface area (Å²) in [5.41, 5.74) is 1.40. The van der Waals surface area contributed by atoms with Crippen LogP contribution in [0.5, 0.6) is 0 Å². The van der Waals surface area contributed by atoms with Crippen molar-refractivity contribution >= 4 is 23.2 Å². The maximum atomic E-state index is 11.5. The minimum Gasteiger partial charge on any atom is -0.309 e. The van der Waals surface area contributed by atoms with Crippen LogP contribution in [0.2, 0.25) is 5.15 Å². The summed E-state index contributed by atoms with van der Waals surface area (Å²) in [6.45, 7) is 3.94. The van der Waals surface area contributed by atoms with Crippen LogP contribution < -0.4 is 4.90 Å². The van der Waals surface area contributed by atoms with Gasteiger partial charge in [0, 0.05) is 19.7 Å². The van der Waals surface area contributed by atoms with Crippen LogP contribution in [0.4, 0.5) is 5.69 Å². The fraction of sp³-hybridized carbons (Fsp3) is 0.250. The first kappa shape index (κ1) is 12.6. The molecule has 1 amide bonds. The van der Waals surface area contributed by atoms with Crippen molar-refractivity contribution in [3.63, 3.8) is 0 Å². The summed E-state index contributed by atoms with van der Waals surface area (Å²) < 4.78 is 1.61. The molecule has 0 aliphatic heterocycles. The van der Waals surface area contributed by atoms with Gasteiger partial charge in [0.05, 0.1) is 18.1 Å². The number of pyridine rings is 1. The van der Waals surface area contributed by atoms with Gasteiger partial charge in [-0.15, -0.1) is 0 Å². The third-order valence-corrected chi connectivity index (χ3v) is 2.82. The van der Waals surface area contributed by atoms with Gasteiger partial charge in [0.25, 0.3) is 0 Å². The molecular formula is C12H13ClN4O. The van der Waals surface area contributed by atoms with E-state index in [1.54, 1.807) is 28.2 Å². The molecule has 2 aromatic rings. The van der Waals surface area contributed by atoms with Crippen LogP contribution in [0.15, 0.2) is 30.7 Å². The van der Waals surface area contributed by atoms with E-state index in [-0.39, 0.29) is 5.91 Å². The molecule has 5 nitrogen and oxygen atoms in total. The van der Waals surface area contributed by atoms with Crippen molar-refractivity contribution < 1.29 is 4.79 Å². The number of carbonyl (C=O) groups is 1. The molecule has 0 aliphatic rings. The van der Waals surface area contributed by atoms with Crippen LogP contribution in [0.3, 0.4) is 0 Å². The lowest BCUT2D eigenvalue weighted by molar-refractivity contribution is -0.116. The molecule has 18 heavy (non-hydrogen) atoms. The second kappa shape index (κ2) is 5.18. The molecule has 0 aromatic carbocycles. The summed E-state index contributed by atoms with van der Waals surface area (Å²) in [6.07, 6.45) is 5.09. The molecule has 94 valence electrons. The van der Waals surface area contributed by atoms with E-state index in [2.05, 4.69) is 10.1 Å². The molecule has 6 heteroatoms. The van der Waals surface area contributed by atoms with Crippen LogP contribution in [0.1, 0.15) is 13.8 Å². The van der Waals surface area contributed by atoms with Gasteiger partial charge in [0.15, 0.2) is 5.15 Å². The van der Waals surface area contributed by atoms with Crippen molar-refractivity contribution in [3.05, 3.63) is 35.9 Å². The Labute approximate surface area is 110 Å². The number of aromatic nitrogens is 3. The number of rotatable bonds is 3. The molecule has 2 aromatic heterocycles. The number of halogens is 1. The lowest BCUT2D eigenvalue weighted by Gasteiger charge is -2.16. The fourth-order valence-corrected chi connectivity index (χ4v) is 1.94. The van der Waals surface area contributed by atoms with Crippen LogP contribution >= 0.6 is 11.6 Å². The highest BCUT2D eigenvalue weighted by molar-refractivity contribution is 6.32. The molecule has 0 bridgehead atoms. The van der Waals surface area contributed by atoms with Crippen LogP contribution in [-0.4, -0.2) is 27.2 Å². The number of hydrogen-bond acceptors (Lipinski definition) is 3. The zero-order valence-electron chi connectivity index (χ0n) is 10.2. The van der Waals surface area contributed by atoms with Crippen LogP contribution in [0, 0.1) is 0 Å². The molecule has 0 aliphatic carbocycles. The average Bonchev–Trinajstić information content (AvgIpc) is 2.73. The van der Waals surface area contributed by atoms with Gasteiger partial charge < -0.3 is 4.90 Å². The summed E-state index contributed by atoms with van der Waals surface area (Å²) in [4.78, 5) is 17.1. The molecule has 0 fully saturated rings. The molecule has 2 heterocycles. The number of hydrogen-bond donors (Lipinski definition) is 0. The van der Waals surface area contributed by atoms with Gasteiger partial charge in [0.2, 0.25) is 5.91 Å². The Kier molecular flexibility index (Phi) is 3.62. The van der Waals surface area contributed by atoms with Crippen molar-refractivity contribution in [2.45, 2.75) is 13.8 Å². The first-order chi connectivity index (χ1) is 8.63. The van der Waals surface area contributed by atoms with E-state index in [0.717, 1.165) is 5.69 Å². The van der Waals surface area contributed by atoms with E-state index in [0.29, 0.717) is 17.4 Å². The Morgan fingerprint density at radius 1 is 1.56 bits per heavy atom. The lowest BCUT2D eigenvalue weighted by atomic mass is 10.4.